The number of pyridine rings is 1. The highest BCUT2D eigenvalue weighted by Gasteiger charge is 2.18. The lowest BCUT2D eigenvalue weighted by Crippen LogP contribution is -2.31. The van der Waals surface area contributed by atoms with Crippen LogP contribution in [-0.4, -0.2) is 28.1 Å². The number of hydrogen-bond donors (Lipinski definition) is 1. The molecule has 0 aliphatic rings. The van der Waals surface area contributed by atoms with Crippen LogP contribution in [0.1, 0.15) is 31.4 Å². The van der Waals surface area contributed by atoms with Gasteiger partial charge in [0.2, 0.25) is 0 Å². The van der Waals surface area contributed by atoms with Crippen molar-refractivity contribution < 1.29 is 9.84 Å². The van der Waals surface area contributed by atoms with E-state index in [0.29, 0.717) is 23.4 Å². The van der Waals surface area contributed by atoms with E-state index in [4.69, 9.17) is 16.3 Å². The summed E-state index contributed by atoms with van der Waals surface area (Å²) in [6.45, 7) is 5.79. The highest BCUT2D eigenvalue weighted by molar-refractivity contribution is 6.33. The van der Waals surface area contributed by atoms with Gasteiger partial charge in [-0.25, -0.2) is 0 Å². The molecule has 0 saturated heterocycles. The monoisotopic (exact) mass is 334 g/mol. The molecule has 2 aromatic rings. The van der Waals surface area contributed by atoms with Gasteiger partial charge >= 0.3 is 0 Å². The molecule has 0 radical (unpaired) electrons. The lowest BCUT2D eigenvalue weighted by atomic mass is 10.1. The normalized spacial score (nSPS) is 12.4. The Morgan fingerprint density at radius 2 is 2.09 bits per heavy atom. The molecule has 0 unspecified atom stereocenters. The predicted octanol–water partition coefficient (Wildman–Crippen LogP) is 4.25. The number of phenols is 1. The standard InChI is InChI=1S/C18H23ClN2O2/c1-4-13(2)21(11-14-6-5-9-20-10-14)12-15-7-8-16(23-3)18(22)17(15)19/h5-10,13,22H,4,11-12H2,1-3H3/t13-/m0/s1. The summed E-state index contributed by atoms with van der Waals surface area (Å²) in [6.07, 6.45) is 4.68. The molecule has 1 heterocycles. The fourth-order valence-corrected chi connectivity index (χ4v) is 2.66. The first-order valence-electron chi connectivity index (χ1n) is 7.74. The highest BCUT2D eigenvalue weighted by atomic mass is 35.5. The largest absolute Gasteiger partial charge is 0.503 e. The van der Waals surface area contributed by atoms with Crippen molar-refractivity contribution in [1.82, 2.24) is 9.88 Å². The van der Waals surface area contributed by atoms with Crippen LogP contribution in [-0.2, 0) is 13.1 Å². The fourth-order valence-electron chi connectivity index (χ4n) is 2.45. The second-order valence-electron chi connectivity index (χ2n) is 5.61. The Kier molecular flexibility index (Phi) is 6.25. The molecule has 0 aliphatic heterocycles. The number of phenolic OH excluding ortho intramolecular Hbond substituents is 1. The first kappa shape index (κ1) is 17.6. The molecule has 4 nitrogen and oxygen atoms in total. The van der Waals surface area contributed by atoms with Crippen molar-refractivity contribution in [2.45, 2.75) is 39.4 Å². The van der Waals surface area contributed by atoms with E-state index in [0.717, 1.165) is 24.1 Å². The van der Waals surface area contributed by atoms with E-state index in [1.54, 1.807) is 12.3 Å². The third kappa shape index (κ3) is 4.36. The van der Waals surface area contributed by atoms with Crippen LogP contribution in [0.2, 0.25) is 5.02 Å². The van der Waals surface area contributed by atoms with Crippen molar-refractivity contribution in [3.05, 3.63) is 52.8 Å². The number of nitrogens with zero attached hydrogens (tertiary/aromatic N) is 2. The highest BCUT2D eigenvalue weighted by Crippen LogP contribution is 2.37. The van der Waals surface area contributed by atoms with E-state index in [-0.39, 0.29) is 5.75 Å². The molecular weight excluding hydrogens is 312 g/mol. The van der Waals surface area contributed by atoms with E-state index in [1.165, 1.54) is 7.11 Å². The zero-order valence-electron chi connectivity index (χ0n) is 13.8. The Hall–Kier alpha value is -1.78. The lowest BCUT2D eigenvalue weighted by molar-refractivity contribution is 0.185. The smallest absolute Gasteiger partial charge is 0.177 e. The second-order valence-corrected chi connectivity index (χ2v) is 5.99. The average molecular weight is 335 g/mol. The van der Waals surface area contributed by atoms with Gasteiger partial charge in [0.1, 0.15) is 0 Å². The van der Waals surface area contributed by atoms with Gasteiger partial charge in [-0.2, -0.15) is 0 Å². The zero-order chi connectivity index (χ0) is 16.8. The summed E-state index contributed by atoms with van der Waals surface area (Å²) in [4.78, 5) is 6.50. The lowest BCUT2D eigenvalue weighted by Gasteiger charge is -2.29. The third-order valence-corrected chi connectivity index (χ3v) is 4.50. The maximum atomic E-state index is 10.1. The molecule has 1 atom stereocenters. The number of ether oxygens (including phenoxy) is 1. The van der Waals surface area contributed by atoms with Gasteiger partial charge in [-0.05, 0) is 36.6 Å². The van der Waals surface area contributed by atoms with Gasteiger partial charge in [0.15, 0.2) is 11.5 Å². The molecule has 5 heteroatoms. The first-order chi connectivity index (χ1) is 11.1. The Labute approximate surface area is 142 Å². The Morgan fingerprint density at radius 1 is 1.30 bits per heavy atom. The van der Waals surface area contributed by atoms with E-state index in [1.807, 2.05) is 18.3 Å². The number of halogens is 1. The number of methoxy groups -OCH3 is 1. The minimum atomic E-state index is -0.00264. The Morgan fingerprint density at radius 3 is 2.70 bits per heavy atom. The van der Waals surface area contributed by atoms with Crippen molar-refractivity contribution in [2.24, 2.45) is 0 Å². The maximum Gasteiger partial charge on any atom is 0.177 e. The molecule has 124 valence electrons. The van der Waals surface area contributed by atoms with Gasteiger partial charge in [-0.15, -0.1) is 0 Å². The topological polar surface area (TPSA) is 45.6 Å². The van der Waals surface area contributed by atoms with Crippen LogP contribution in [0, 0.1) is 0 Å². The van der Waals surface area contributed by atoms with Crippen LogP contribution in [0.3, 0.4) is 0 Å². The SMILES string of the molecule is CC[C@H](C)N(Cc1cccnc1)Cc1ccc(OC)c(O)c1Cl. The van der Waals surface area contributed by atoms with Crippen LogP contribution in [0.15, 0.2) is 36.7 Å². The van der Waals surface area contributed by atoms with Gasteiger partial charge in [0, 0.05) is 31.5 Å². The summed E-state index contributed by atoms with van der Waals surface area (Å²) < 4.78 is 5.09. The van der Waals surface area contributed by atoms with Crippen LogP contribution < -0.4 is 4.74 Å². The average Bonchev–Trinajstić information content (AvgIpc) is 2.58. The van der Waals surface area contributed by atoms with E-state index in [2.05, 4.69) is 29.8 Å². The van der Waals surface area contributed by atoms with Crippen LogP contribution >= 0.6 is 11.6 Å². The molecule has 1 aromatic carbocycles. The van der Waals surface area contributed by atoms with E-state index < -0.39 is 0 Å². The summed E-state index contributed by atoms with van der Waals surface area (Å²) in [7, 11) is 1.51. The van der Waals surface area contributed by atoms with Gasteiger partial charge in [0.25, 0.3) is 0 Å². The summed E-state index contributed by atoms with van der Waals surface area (Å²) in [5, 5.41) is 10.4. The summed E-state index contributed by atoms with van der Waals surface area (Å²) in [6, 6.07) is 8.04. The van der Waals surface area contributed by atoms with Crippen molar-refractivity contribution in [1.29, 1.82) is 0 Å². The molecule has 23 heavy (non-hydrogen) atoms. The maximum absolute atomic E-state index is 10.1. The molecule has 0 amide bonds. The third-order valence-electron chi connectivity index (χ3n) is 4.08. The minimum absolute atomic E-state index is 0.00264. The molecule has 0 fully saturated rings. The summed E-state index contributed by atoms with van der Waals surface area (Å²) >= 11 is 6.30. The van der Waals surface area contributed by atoms with E-state index >= 15 is 0 Å². The second kappa shape index (κ2) is 8.18. The fraction of sp³-hybridized carbons (Fsp3) is 0.389. The molecule has 0 bridgehead atoms. The molecule has 2 rings (SSSR count). The molecular formula is C18H23ClN2O2. The van der Waals surface area contributed by atoms with Gasteiger partial charge in [-0.1, -0.05) is 30.7 Å². The molecule has 0 aliphatic carbocycles. The van der Waals surface area contributed by atoms with E-state index in [9.17, 15) is 5.11 Å². The number of rotatable bonds is 7. The van der Waals surface area contributed by atoms with Crippen molar-refractivity contribution in [2.75, 3.05) is 7.11 Å². The molecule has 0 saturated carbocycles. The van der Waals surface area contributed by atoms with Gasteiger partial charge in [0.05, 0.1) is 12.1 Å². The van der Waals surface area contributed by atoms with Crippen LogP contribution in [0.4, 0.5) is 0 Å². The number of aromatic nitrogens is 1. The predicted molar refractivity (Wildman–Crippen MR) is 92.9 cm³/mol. The molecule has 1 aromatic heterocycles. The van der Waals surface area contributed by atoms with Crippen LogP contribution in [0.5, 0.6) is 11.5 Å². The molecule has 0 spiro atoms. The minimum Gasteiger partial charge on any atom is -0.503 e. The zero-order valence-corrected chi connectivity index (χ0v) is 14.5. The number of hydrogen-bond acceptors (Lipinski definition) is 4. The van der Waals surface area contributed by atoms with Crippen molar-refractivity contribution >= 4 is 11.6 Å². The van der Waals surface area contributed by atoms with Crippen molar-refractivity contribution in [3.8, 4) is 11.5 Å². The van der Waals surface area contributed by atoms with Crippen molar-refractivity contribution in [3.63, 3.8) is 0 Å². The molecule has 1 N–H and O–H groups in total. The summed E-state index contributed by atoms with van der Waals surface area (Å²) in [5.41, 5.74) is 2.04. The van der Waals surface area contributed by atoms with Gasteiger partial charge in [-0.3, -0.25) is 9.88 Å². The Balaban J connectivity index is 2.23. The first-order valence-corrected chi connectivity index (χ1v) is 8.11. The quantitative estimate of drug-likeness (QED) is 0.822. The number of aromatic hydroxyl groups is 1. The summed E-state index contributed by atoms with van der Waals surface area (Å²) in [5.74, 6) is 0.387. The Bertz CT molecular complexity index is 634. The number of benzene rings is 1. The van der Waals surface area contributed by atoms with Gasteiger partial charge < -0.3 is 9.84 Å². The van der Waals surface area contributed by atoms with Crippen LogP contribution in [0.25, 0.3) is 0 Å².